The Kier molecular flexibility index (Phi) is 22.2. The van der Waals surface area contributed by atoms with E-state index in [0.29, 0.717) is 6.54 Å². The highest BCUT2D eigenvalue weighted by atomic mass is 28.4. The normalized spacial score (nSPS) is 11.7. The number of nitrogens with two attached hydrogens (primary N) is 3. The summed E-state index contributed by atoms with van der Waals surface area (Å²) < 4.78 is 15.8. The molecule has 0 radical (unpaired) electrons. The first kappa shape index (κ1) is 23.8. The van der Waals surface area contributed by atoms with Crippen LogP contribution in [0.4, 0.5) is 0 Å². The van der Waals surface area contributed by atoms with Gasteiger partial charge in [-0.2, -0.15) is 0 Å². The zero-order valence-electron chi connectivity index (χ0n) is 13.0. The molecule has 0 aliphatic carbocycles. The summed E-state index contributed by atoms with van der Waals surface area (Å²) in [6.07, 6.45) is 1.79. The van der Waals surface area contributed by atoms with E-state index in [-0.39, 0.29) is 6.04 Å². The number of rotatable bonds is 8. The topological polar surface area (TPSA) is 106 Å². The molecular formula is C12H33N3O3Si. The van der Waals surface area contributed by atoms with Gasteiger partial charge in [0.2, 0.25) is 0 Å². The molecule has 0 rings (SSSR count). The standard InChI is InChI=1S/C8H22N2O3Si.C2H7N.C2H4/c1-11-14(12-2,13-3)6-4-5-8(10)7-9;1-2-3;1-2/h8H,4-7,9-10H2,1-3H3;2-3H2,1H3;1-2H2. The average Bonchev–Trinajstić information content (AvgIpc) is 2.47. The van der Waals surface area contributed by atoms with E-state index < -0.39 is 8.80 Å². The lowest BCUT2D eigenvalue weighted by Crippen LogP contribution is -2.43. The third-order valence-corrected chi connectivity index (χ3v) is 5.13. The maximum atomic E-state index is 5.69. The van der Waals surface area contributed by atoms with Gasteiger partial charge in [-0.1, -0.05) is 6.92 Å². The molecule has 0 spiro atoms. The molecule has 0 aliphatic rings. The lowest BCUT2D eigenvalue weighted by molar-refractivity contribution is 0.122. The van der Waals surface area contributed by atoms with Crippen molar-refractivity contribution in [2.75, 3.05) is 34.4 Å². The van der Waals surface area contributed by atoms with Gasteiger partial charge in [0.25, 0.3) is 0 Å². The third kappa shape index (κ3) is 13.9. The first-order valence-electron chi connectivity index (χ1n) is 6.36. The van der Waals surface area contributed by atoms with Crippen molar-refractivity contribution < 1.29 is 13.3 Å². The van der Waals surface area contributed by atoms with E-state index in [4.69, 9.17) is 30.5 Å². The molecule has 7 heteroatoms. The number of hydrogen-bond donors (Lipinski definition) is 3. The Labute approximate surface area is 119 Å². The van der Waals surface area contributed by atoms with E-state index in [9.17, 15) is 0 Å². The molecule has 1 atom stereocenters. The second-order valence-electron chi connectivity index (χ2n) is 3.59. The van der Waals surface area contributed by atoms with Gasteiger partial charge >= 0.3 is 8.80 Å². The van der Waals surface area contributed by atoms with Gasteiger partial charge in [-0.3, -0.25) is 0 Å². The zero-order valence-corrected chi connectivity index (χ0v) is 14.0. The van der Waals surface area contributed by atoms with Crippen LogP contribution in [0.2, 0.25) is 6.04 Å². The highest BCUT2D eigenvalue weighted by molar-refractivity contribution is 6.60. The molecule has 0 heterocycles. The van der Waals surface area contributed by atoms with Crippen LogP contribution in [0.25, 0.3) is 0 Å². The molecule has 0 fully saturated rings. The van der Waals surface area contributed by atoms with Crippen LogP contribution in [-0.4, -0.2) is 49.3 Å². The van der Waals surface area contributed by atoms with Crippen LogP contribution in [0.1, 0.15) is 19.8 Å². The molecule has 0 saturated carbocycles. The molecule has 0 saturated heterocycles. The van der Waals surface area contributed by atoms with E-state index >= 15 is 0 Å². The summed E-state index contributed by atoms with van der Waals surface area (Å²) in [5.41, 5.74) is 16.0. The molecule has 6 N–H and O–H groups in total. The Bertz CT molecular complexity index is 164. The lowest BCUT2D eigenvalue weighted by atomic mass is 10.2. The van der Waals surface area contributed by atoms with Crippen LogP contribution in [0.5, 0.6) is 0 Å². The van der Waals surface area contributed by atoms with Crippen molar-refractivity contribution in [2.45, 2.75) is 31.9 Å². The SMILES string of the molecule is C=C.CCN.CO[Si](CCCC(N)CN)(OC)OC. The fourth-order valence-electron chi connectivity index (χ4n) is 1.25. The Morgan fingerprint density at radius 3 is 1.68 bits per heavy atom. The van der Waals surface area contributed by atoms with Gasteiger partial charge in [0.1, 0.15) is 0 Å². The lowest BCUT2D eigenvalue weighted by Gasteiger charge is -2.24. The van der Waals surface area contributed by atoms with Crippen molar-refractivity contribution in [1.82, 2.24) is 0 Å². The predicted octanol–water partition coefficient (Wildman–Crippen LogP) is 0.698. The maximum Gasteiger partial charge on any atom is 0.500 e. The molecule has 0 aromatic rings. The first-order valence-corrected chi connectivity index (χ1v) is 8.30. The van der Waals surface area contributed by atoms with Gasteiger partial charge in [-0.15, -0.1) is 13.2 Å². The van der Waals surface area contributed by atoms with Crippen molar-refractivity contribution in [3.05, 3.63) is 13.2 Å². The second kappa shape index (κ2) is 17.7. The minimum absolute atomic E-state index is 0.0623. The molecule has 0 aromatic heterocycles. The van der Waals surface area contributed by atoms with Gasteiger partial charge < -0.3 is 30.5 Å². The summed E-state index contributed by atoms with van der Waals surface area (Å²) in [4.78, 5) is 0. The van der Waals surface area contributed by atoms with Crippen LogP contribution in [0.3, 0.4) is 0 Å². The molecule has 0 bridgehead atoms. The Balaban J connectivity index is -0.000000445. The van der Waals surface area contributed by atoms with Gasteiger partial charge in [-0.05, 0) is 19.4 Å². The Hall–Kier alpha value is -0.283. The van der Waals surface area contributed by atoms with Crippen molar-refractivity contribution >= 4 is 8.80 Å². The summed E-state index contributed by atoms with van der Waals surface area (Å²) in [6, 6.07) is 0.844. The molecule has 19 heavy (non-hydrogen) atoms. The third-order valence-electron chi connectivity index (χ3n) is 2.29. The van der Waals surface area contributed by atoms with Crippen LogP contribution in [-0.2, 0) is 13.3 Å². The van der Waals surface area contributed by atoms with E-state index in [2.05, 4.69) is 13.2 Å². The molecule has 0 amide bonds. The quantitative estimate of drug-likeness (QED) is 0.449. The molecule has 118 valence electrons. The van der Waals surface area contributed by atoms with Crippen molar-refractivity contribution in [2.24, 2.45) is 17.2 Å². The predicted molar refractivity (Wildman–Crippen MR) is 83.8 cm³/mol. The minimum Gasteiger partial charge on any atom is -0.377 e. The molecule has 1 unspecified atom stereocenters. The van der Waals surface area contributed by atoms with Gasteiger partial charge in [0.15, 0.2) is 0 Å². The summed E-state index contributed by atoms with van der Waals surface area (Å²) in [6.45, 7) is 9.17. The highest BCUT2D eigenvalue weighted by Gasteiger charge is 2.36. The molecular weight excluding hydrogens is 262 g/mol. The van der Waals surface area contributed by atoms with Crippen LogP contribution in [0.15, 0.2) is 13.2 Å². The largest absolute Gasteiger partial charge is 0.500 e. The van der Waals surface area contributed by atoms with Crippen LogP contribution < -0.4 is 17.2 Å². The van der Waals surface area contributed by atoms with Gasteiger partial charge in [0.05, 0.1) is 0 Å². The fourth-order valence-corrected chi connectivity index (χ4v) is 3.00. The van der Waals surface area contributed by atoms with Crippen LogP contribution in [0, 0.1) is 0 Å². The van der Waals surface area contributed by atoms with E-state index in [1.807, 2.05) is 6.92 Å². The minimum atomic E-state index is -2.39. The summed E-state index contributed by atoms with van der Waals surface area (Å²) in [5, 5.41) is 0. The summed E-state index contributed by atoms with van der Waals surface area (Å²) in [5.74, 6) is 0. The number of hydrogen-bond acceptors (Lipinski definition) is 6. The first-order chi connectivity index (χ1) is 9.05. The van der Waals surface area contributed by atoms with Crippen molar-refractivity contribution in [3.63, 3.8) is 0 Å². The monoisotopic (exact) mass is 295 g/mol. The zero-order chi connectivity index (χ0) is 15.7. The fraction of sp³-hybridized carbons (Fsp3) is 0.833. The van der Waals surface area contributed by atoms with Crippen molar-refractivity contribution in [1.29, 1.82) is 0 Å². The second-order valence-corrected chi connectivity index (χ2v) is 6.68. The Morgan fingerprint density at radius 1 is 1.05 bits per heavy atom. The molecule has 0 aliphatic heterocycles. The van der Waals surface area contributed by atoms with E-state index in [1.54, 1.807) is 21.3 Å². The summed E-state index contributed by atoms with van der Waals surface area (Å²) in [7, 11) is 2.45. The maximum absolute atomic E-state index is 5.69. The smallest absolute Gasteiger partial charge is 0.377 e. The van der Waals surface area contributed by atoms with E-state index in [1.165, 1.54) is 0 Å². The molecule has 0 aromatic carbocycles. The highest BCUT2D eigenvalue weighted by Crippen LogP contribution is 2.16. The van der Waals surface area contributed by atoms with Crippen LogP contribution >= 0.6 is 0 Å². The van der Waals surface area contributed by atoms with Gasteiger partial charge in [0, 0.05) is 40.0 Å². The van der Waals surface area contributed by atoms with Crippen molar-refractivity contribution in [3.8, 4) is 0 Å². The average molecular weight is 296 g/mol. The summed E-state index contributed by atoms with van der Waals surface area (Å²) >= 11 is 0. The molecule has 6 nitrogen and oxygen atoms in total. The van der Waals surface area contributed by atoms with Gasteiger partial charge in [-0.25, -0.2) is 0 Å². The Morgan fingerprint density at radius 2 is 1.42 bits per heavy atom. The van der Waals surface area contributed by atoms with E-state index in [0.717, 1.165) is 25.4 Å².